The number of rotatable bonds is 1. The Bertz CT molecular complexity index is 481. The Balaban J connectivity index is 2.35. The molecule has 2 heterocycles. The van der Waals surface area contributed by atoms with E-state index in [4.69, 9.17) is 0 Å². The third-order valence-corrected chi connectivity index (χ3v) is 2.67. The monoisotopic (exact) mass is 280 g/mol. The lowest BCUT2D eigenvalue weighted by Crippen LogP contribution is -2.09. The van der Waals surface area contributed by atoms with Crippen LogP contribution >= 0.6 is 15.9 Å². The highest BCUT2D eigenvalue weighted by molar-refractivity contribution is 9.10. The van der Waals surface area contributed by atoms with Gasteiger partial charge in [0.1, 0.15) is 0 Å². The maximum Gasteiger partial charge on any atom is 0.250 e. The van der Waals surface area contributed by atoms with E-state index in [2.05, 4.69) is 51.8 Å². The highest BCUT2D eigenvalue weighted by Crippen LogP contribution is 2.21. The normalized spacial score (nSPS) is 11.8. The molecular formula is C11H13BrN4. The van der Waals surface area contributed by atoms with Crippen LogP contribution in [0.4, 0.5) is 0 Å². The Morgan fingerprint density at radius 2 is 1.75 bits per heavy atom. The zero-order chi connectivity index (χ0) is 11.8. The van der Waals surface area contributed by atoms with Gasteiger partial charge >= 0.3 is 0 Å². The predicted octanol–water partition coefficient (Wildman–Crippen LogP) is 2.72. The van der Waals surface area contributed by atoms with Crippen LogP contribution in [-0.2, 0) is 5.41 Å². The molecule has 4 nitrogen and oxygen atoms in total. The molecule has 0 saturated carbocycles. The van der Waals surface area contributed by atoms with E-state index < -0.39 is 0 Å². The van der Waals surface area contributed by atoms with Crippen molar-refractivity contribution in [2.24, 2.45) is 0 Å². The van der Waals surface area contributed by atoms with Crippen molar-refractivity contribution in [3.8, 4) is 5.95 Å². The van der Waals surface area contributed by atoms with Gasteiger partial charge in [-0.15, -0.1) is 0 Å². The van der Waals surface area contributed by atoms with Crippen LogP contribution < -0.4 is 0 Å². The summed E-state index contributed by atoms with van der Waals surface area (Å²) in [5, 5.41) is 4.26. The minimum atomic E-state index is 0.0909. The van der Waals surface area contributed by atoms with E-state index in [1.54, 1.807) is 17.1 Å². The Morgan fingerprint density at radius 3 is 2.25 bits per heavy atom. The molecular weight excluding hydrogens is 268 g/mol. The van der Waals surface area contributed by atoms with E-state index in [9.17, 15) is 0 Å². The molecule has 0 aliphatic heterocycles. The lowest BCUT2D eigenvalue weighted by Gasteiger charge is -2.14. The number of aromatic nitrogens is 4. The zero-order valence-electron chi connectivity index (χ0n) is 9.48. The summed E-state index contributed by atoms with van der Waals surface area (Å²) in [5.74, 6) is 0.582. The van der Waals surface area contributed by atoms with E-state index in [0.717, 1.165) is 4.47 Å². The topological polar surface area (TPSA) is 43.6 Å². The fraction of sp³-hybridized carbons (Fsp3) is 0.364. The molecule has 0 N–H and O–H groups in total. The first-order valence-corrected chi connectivity index (χ1v) is 5.79. The van der Waals surface area contributed by atoms with E-state index in [-0.39, 0.29) is 5.41 Å². The second-order valence-corrected chi connectivity index (χ2v) is 5.54. The lowest BCUT2D eigenvalue weighted by atomic mass is 9.90. The first-order valence-electron chi connectivity index (χ1n) is 5.00. The average Bonchev–Trinajstić information content (AvgIpc) is 2.67. The number of hydrogen-bond acceptors (Lipinski definition) is 3. The lowest BCUT2D eigenvalue weighted by molar-refractivity contribution is 0.590. The van der Waals surface area contributed by atoms with Crippen LogP contribution in [0.2, 0.25) is 0 Å². The van der Waals surface area contributed by atoms with E-state index in [1.165, 1.54) is 5.56 Å². The summed E-state index contributed by atoms with van der Waals surface area (Å²) in [7, 11) is 0. The van der Waals surface area contributed by atoms with Crippen LogP contribution in [0.15, 0.2) is 29.3 Å². The first kappa shape index (κ1) is 11.3. The van der Waals surface area contributed by atoms with Crippen LogP contribution in [-0.4, -0.2) is 19.7 Å². The summed E-state index contributed by atoms with van der Waals surface area (Å²) in [6.07, 6.45) is 7.23. The fourth-order valence-electron chi connectivity index (χ4n) is 1.24. The highest BCUT2D eigenvalue weighted by Gasteiger charge is 2.16. The molecule has 0 bridgehead atoms. The van der Waals surface area contributed by atoms with E-state index in [1.807, 2.05) is 12.4 Å². The molecule has 84 valence electrons. The van der Waals surface area contributed by atoms with E-state index >= 15 is 0 Å². The summed E-state index contributed by atoms with van der Waals surface area (Å²) >= 11 is 3.30. The molecule has 0 aromatic carbocycles. The molecule has 0 saturated heterocycles. The molecule has 0 atom stereocenters. The van der Waals surface area contributed by atoms with Crippen LogP contribution in [0.5, 0.6) is 0 Å². The minimum Gasteiger partial charge on any atom is -0.218 e. The third-order valence-electron chi connectivity index (χ3n) is 2.26. The van der Waals surface area contributed by atoms with Crippen molar-refractivity contribution in [1.82, 2.24) is 19.7 Å². The summed E-state index contributed by atoms with van der Waals surface area (Å²) in [5.41, 5.74) is 1.26. The van der Waals surface area contributed by atoms with Gasteiger partial charge in [-0.25, -0.2) is 14.6 Å². The maximum atomic E-state index is 4.26. The van der Waals surface area contributed by atoms with Crippen LogP contribution in [0.1, 0.15) is 26.3 Å². The van der Waals surface area contributed by atoms with Gasteiger partial charge in [-0.2, -0.15) is 5.10 Å². The Morgan fingerprint density at radius 1 is 1.12 bits per heavy atom. The van der Waals surface area contributed by atoms with Crippen LogP contribution in [0.3, 0.4) is 0 Å². The molecule has 0 radical (unpaired) electrons. The summed E-state index contributed by atoms with van der Waals surface area (Å²) < 4.78 is 2.55. The van der Waals surface area contributed by atoms with Gasteiger partial charge in [-0.05, 0) is 26.9 Å². The third kappa shape index (κ3) is 2.29. The van der Waals surface area contributed by atoms with Gasteiger partial charge < -0.3 is 0 Å². The minimum absolute atomic E-state index is 0.0909. The molecule has 2 rings (SSSR count). The van der Waals surface area contributed by atoms with Crippen LogP contribution in [0.25, 0.3) is 5.95 Å². The zero-order valence-corrected chi connectivity index (χ0v) is 11.1. The van der Waals surface area contributed by atoms with Crippen molar-refractivity contribution in [3.63, 3.8) is 0 Å². The SMILES string of the molecule is CC(C)(C)c1cnn(-c2ncc(Br)cn2)c1. The van der Waals surface area contributed by atoms with Crippen LogP contribution in [0, 0.1) is 0 Å². The molecule has 0 unspecified atom stereocenters. The Labute approximate surface area is 103 Å². The molecule has 16 heavy (non-hydrogen) atoms. The van der Waals surface area contributed by atoms with Crippen molar-refractivity contribution in [2.45, 2.75) is 26.2 Å². The Kier molecular flexibility index (Phi) is 2.80. The van der Waals surface area contributed by atoms with Gasteiger partial charge in [-0.1, -0.05) is 20.8 Å². The first-order chi connectivity index (χ1) is 7.47. The molecule has 2 aromatic heterocycles. The van der Waals surface area contributed by atoms with E-state index in [0.29, 0.717) is 5.95 Å². The summed E-state index contributed by atoms with van der Waals surface area (Å²) in [6.45, 7) is 6.45. The molecule has 0 amide bonds. The van der Waals surface area contributed by atoms with Gasteiger partial charge in [0.2, 0.25) is 0 Å². The van der Waals surface area contributed by atoms with Crippen molar-refractivity contribution in [2.75, 3.05) is 0 Å². The fourth-order valence-corrected chi connectivity index (χ4v) is 1.45. The molecule has 0 aliphatic rings. The maximum absolute atomic E-state index is 4.26. The smallest absolute Gasteiger partial charge is 0.218 e. The molecule has 0 fully saturated rings. The highest BCUT2D eigenvalue weighted by atomic mass is 79.9. The summed E-state index contributed by atoms with van der Waals surface area (Å²) in [6, 6.07) is 0. The van der Waals surface area contributed by atoms with Gasteiger partial charge in [0, 0.05) is 18.6 Å². The molecule has 0 aliphatic carbocycles. The van der Waals surface area contributed by atoms with Crippen molar-refractivity contribution in [1.29, 1.82) is 0 Å². The van der Waals surface area contributed by atoms with Gasteiger partial charge in [0.25, 0.3) is 5.95 Å². The van der Waals surface area contributed by atoms with Gasteiger partial charge in [-0.3, -0.25) is 0 Å². The van der Waals surface area contributed by atoms with Crippen molar-refractivity contribution >= 4 is 15.9 Å². The number of halogens is 1. The van der Waals surface area contributed by atoms with Crippen molar-refractivity contribution < 1.29 is 0 Å². The second kappa shape index (κ2) is 3.97. The second-order valence-electron chi connectivity index (χ2n) is 4.62. The van der Waals surface area contributed by atoms with Crippen molar-refractivity contribution in [3.05, 3.63) is 34.8 Å². The average molecular weight is 281 g/mol. The standard InChI is InChI=1S/C11H13BrN4/c1-11(2,3)8-4-15-16(7-8)10-13-5-9(12)6-14-10/h4-7H,1-3H3. The predicted molar refractivity (Wildman–Crippen MR) is 65.6 cm³/mol. The number of hydrogen-bond donors (Lipinski definition) is 0. The quantitative estimate of drug-likeness (QED) is 0.807. The molecule has 5 heteroatoms. The molecule has 2 aromatic rings. The Hall–Kier alpha value is -1.23. The molecule has 0 spiro atoms. The number of nitrogens with zero attached hydrogens (tertiary/aromatic N) is 4. The van der Waals surface area contributed by atoms with Gasteiger partial charge in [0.05, 0.1) is 10.7 Å². The summed E-state index contributed by atoms with van der Waals surface area (Å²) in [4.78, 5) is 8.37. The largest absolute Gasteiger partial charge is 0.250 e. The van der Waals surface area contributed by atoms with Gasteiger partial charge in [0.15, 0.2) is 0 Å².